The van der Waals surface area contributed by atoms with Gasteiger partial charge in [-0.3, -0.25) is 0 Å². The topological polar surface area (TPSA) is 59.3 Å². The van der Waals surface area contributed by atoms with Crippen LogP contribution in [0.5, 0.6) is 0 Å². The number of hydrogen-bond donors (Lipinski definition) is 0. The Kier molecular flexibility index (Phi) is 16.6. The maximum atomic E-state index is 11.1. The molecule has 0 radical (unpaired) electrons. The lowest BCUT2D eigenvalue weighted by Gasteiger charge is -2.18. The van der Waals surface area contributed by atoms with Gasteiger partial charge in [-0.1, -0.05) is 49.3 Å². The molecule has 0 aliphatic carbocycles. The number of ether oxygens (including phenoxy) is 2. The Bertz CT molecular complexity index is 244. The van der Waals surface area contributed by atoms with Crippen LogP contribution in [0.1, 0.15) is 27.7 Å². The highest BCUT2D eigenvalue weighted by molar-refractivity contribution is 8.76. The number of nitrogens with zero attached hydrogens (tertiary/aromatic N) is 1. The zero-order valence-electron chi connectivity index (χ0n) is 11.5. The minimum absolute atomic E-state index is 0.0113. The SMILES string of the molecule is CC.CSSC(COC(=O)OCSC#N)C(C)C. The molecule has 0 aromatic rings. The van der Waals surface area contributed by atoms with Gasteiger partial charge in [0.15, 0.2) is 5.94 Å². The van der Waals surface area contributed by atoms with E-state index in [9.17, 15) is 4.79 Å². The highest BCUT2D eigenvalue weighted by atomic mass is 33.1. The second-order valence-electron chi connectivity index (χ2n) is 3.10. The first-order valence-corrected chi connectivity index (χ1v) is 9.22. The van der Waals surface area contributed by atoms with E-state index < -0.39 is 6.16 Å². The number of carbonyl (C=O) groups excluding carboxylic acids is 1. The first-order chi connectivity index (χ1) is 8.61. The van der Waals surface area contributed by atoms with Crippen LogP contribution < -0.4 is 0 Å². The fourth-order valence-corrected chi connectivity index (χ4v) is 3.13. The number of carbonyl (C=O) groups is 1. The van der Waals surface area contributed by atoms with Crippen molar-refractivity contribution in [3.05, 3.63) is 0 Å². The Morgan fingerprint density at radius 3 is 2.39 bits per heavy atom. The van der Waals surface area contributed by atoms with Crippen LogP contribution in [-0.2, 0) is 9.47 Å². The van der Waals surface area contributed by atoms with E-state index in [0.717, 1.165) is 11.8 Å². The average Bonchev–Trinajstić information content (AvgIpc) is 2.37. The summed E-state index contributed by atoms with van der Waals surface area (Å²) in [5.41, 5.74) is 0. The largest absolute Gasteiger partial charge is 0.509 e. The summed E-state index contributed by atoms with van der Waals surface area (Å²) >= 11 is 0.860. The highest BCUT2D eigenvalue weighted by Crippen LogP contribution is 2.29. The molecule has 0 aliphatic heterocycles. The number of hydrogen-bond acceptors (Lipinski definition) is 7. The number of thiocyanates is 1. The molecule has 0 aromatic heterocycles. The van der Waals surface area contributed by atoms with Crippen molar-refractivity contribution in [1.29, 1.82) is 5.26 Å². The molecule has 0 N–H and O–H groups in total. The maximum absolute atomic E-state index is 11.1. The third-order valence-electron chi connectivity index (χ3n) is 1.63. The van der Waals surface area contributed by atoms with E-state index in [1.165, 1.54) is 0 Å². The van der Waals surface area contributed by atoms with Gasteiger partial charge < -0.3 is 9.47 Å². The summed E-state index contributed by atoms with van der Waals surface area (Å²) in [5.74, 6) is 0.441. The zero-order valence-corrected chi connectivity index (χ0v) is 13.9. The van der Waals surface area contributed by atoms with Crippen molar-refractivity contribution in [2.24, 2.45) is 5.92 Å². The van der Waals surface area contributed by atoms with Crippen LogP contribution in [0, 0.1) is 16.6 Å². The third kappa shape index (κ3) is 12.3. The van der Waals surface area contributed by atoms with Crippen LogP contribution in [0.15, 0.2) is 0 Å². The van der Waals surface area contributed by atoms with Crippen molar-refractivity contribution in [2.75, 3.05) is 18.8 Å². The number of rotatable bonds is 7. The molecule has 0 amide bonds. The lowest BCUT2D eigenvalue weighted by Crippen LogP contribution is -2.20. The first-order valence-electron chi connectivity index (χ1n) is 5.61. The lowest BCUT2D eigenvalue weighted by molar-refractivity contribution is 0.0670. The van der Waals surface area contributed by atoms with E-state index in [0.29, 0.717) is 12.5 Å². The summed E-state index contributed by atoms with van der Waals surface area (Å²) in [7, 11) is 3.33. The van der Waals surface area contributed by atoms with Gasteiger partial charge in [0.25, 0.3) is 0 Å². The summed E-state index contributed by atoms with van der Waals surface area (Å²) in [6.07, 6.45) is 1.28. The molecule has 1 atom stereocenters. The highest BCUT2D eigenvalue weighted by Gasteiger charge is 2.16. The summed E-state index contributed by atoms with van der Waals surface area (Å²) in [5, 5.41) is 10.3. The molecule has 18 heavy (non-hydrogen) atoms. The Labute approximate surface area is 122 Å². The summed E-state index contributed by atoms with van der Waals surface area (Å²) in [4.78, 5) is 11.1. The van der Waals surface area contributed by atoms with Gasteiger partial charge in [0.2, 0.25) is 0 Å². The van der Waals surface area contributed by atoms with Gasteiger partial charge in [-0.25, -0.2) is 4.79 Å². The van der Waals surface area contributed by atoms with Gasteiger partial charge >= 0.3 is 6.16 Å². The molecular formula is C11H21NO3S3. The average molecular weight is 311 g/mol. The molecule has 0 spiro atoms. The van der Waals surface area contributed by atoms with Gasteiger partial charge in [0.1, 0.15) is 12.0 Å². The van der Waals surface area contributed by atoms with Gasteiger partial charge in [-0.05, 0) is 23.9 Å². The van der Waals surface area contributed by atoms with E-state index in [1.54, 1.807) is 27.0 Å². The molecular weight excluding hydrogens is 290 g/mol. The van der Waals surface area contributed by atoms with Gasteiger partial charge in [-0.15, -0.1) is 0 Å². The first kappa shape index (κ1) is 20.1. The van der Waals surface area contributed by atoms with E-state index in [1.807, 2.05) is 20.1 Å². The molecule has 0 aromatic carbocycles. The Morgan fingerprint density at radius 2 is 1.94 bits per heavy atom. The standard InChI is InChI=1S/C9H15NO3S3.C2H6/c1-7(2)8(16-14-3)4-12-9(11)13-6-15-5-10;1-2/h7-8H,4,6H2,1-3H3;1-2H3. The smallest absolute Gasteiger partial charge is 0.433 e. The Morgan fingerprint density at radius 1 is 1.33 bits per heavy atom. The van der Waals surface area contributed by atoms with E-state index in [4.69, 9.17) is 10.00 Å². The summed E-state index contributed by atoms with van der Waals surface area (Å²) in [6, 6.07) is 0. The molecule has 0 heterocycles. The van der Waals surface area contributed by atoms with Crippen LogP contribution in [0.4, 0.5) is 4.79 Å². The quantitative estimate of drug-likeness (QED) is 0.227. The van der Waals surface area contributed by atoms with E-state index in [-0.39, 0.29) is 11.2 Å². The second kappa shape index (κ2) is 14.9. The van der Waals surface area contributed by atoms with Gasteiger partial charge in [0, 0.05) is 0 Å². The second-order valence-corrected chi connectivity index (χ2v) is 6.52. The predicted molar refractivity (Wildman–Crippen MR) is 81.6 cm³/mol. The third-order valence-corrected chi connectivity index (χ3v) is 4.43. The van der Waals surface area contributed by atoms with Crippen molar-refractivity contribution in [1.82, 2.24) is 0 Å². The Hall–Kier alpha value is -0.190. The van der Waals surface area contributed by atoms with Crippen LogP contribution in [0.3, 0.4) is 0 Å². The molecule has 0 rings (SSSR count). The van der Waals surface area contributed by atoms with Crippen molar-refractivity contribution < 1.29 is 14.3 Å². The monoisotopic (exact) mass is 311 g/mol. The summed E-state index contributed by atoms with van der Waals surface area (Å²) in [6.45, 7) is 8.49. The van der Waals surface area contributed by atoms with Crippen molar-refractivity contribution in [3.8, 4) is 5.40 Å². The molecule has 7 heteroatoms. The molecule has 0 saturated carbocycles. The molecule has 4 nitrogen and oxygen atoms in total. The fourth-order valence-electron chi connectivity index (χ4n) is 0.751. The minimum atomic E-state index is -0.713. The number of thioether (sulfide) groups is 1. The Balaban J connectivity index is 0. The number of nitriles is 1. The van der Waals surface area contributed by atoms with Crippen molar-refractivity contribution >= 4 is 39.5 Å². The van der Waals surface area contributed by atoms with Crippen molar-refractivity contribution in [2.45, 2.75) is 32.9 Å². The van der Waals surface area contributed by atoms with Crippen LogP contribution >= 0.6 is 33.3 Å². The van der Waals surface area contributed by atoms with E-state index in [2.05, 4.69) is 18.6 Å². The zero-order chi connectivity index (χ0) is 14.4. The molecule has 0 fully saturated rings. The van der Waals surface area contributed by atoms with Crippen LogP contribution in [-0.4, -0.2) is 30.2 Å². The van der Waals surface area contributed by atoms with Crippen molar-refractivity contribution in [3.63, 3.8) is 0 Å². The molecule has 106 valence electrons. The minimum Gasteiger partial charge on any atom is -0.433 e. The van der Waals surface area contributed by atoms with Gasteiger partial charge in [-0.2, -0.15) is 5.26 Å². The lowest BCUT2D eigenvalue weighted by atomic mass is 10.1. The van der Waals surface area contributed by atoms with Crippen LogP contribution in [0.2, 0.25) is 0 Å². The molecule has 0 aliphatic rings. The summed E-state index contributed by atoms with van der Waals surface area (Å²) < 4.78 is 9.60. The van der Waals surface area contributed by atoms with E-state index >= 15 is 0 Å². The molecule has 1 unspecified atom stereocenters. The predicted octanol–water partition coefficient (Wildman–Crippen LogP) is 4.37. The van der Waals surface area contributed by atoms with Crippen LogP contribution in [0.25, 0.3) is 0 Å². The molecule has 0 bridgehead atoms. The maximum Gasteiger partial charge on any atom is 0.509 e. The fraction of sp³-hybridized carbons (Fsp3) is 0.818. The van der Waals surface area contributed by atoms with Gasteiger partial charge in [0.05, 0.1) is 5.25 Å². The normalized spacial score (nSPS) is 10.9. The molecule has 0 saturated heterocycles.